The van der Waals surface area contributed by atoms with Gasteiger partial charge in [0, 0.05) is 11.5 Å². The van der Waals surface area contributed by atoms with Crippen molar-refractivity contribution in [3.8, 4) is 5.75 Å². The minimum atomic E-state index is -7.72. The molecule has 35 heavy (non-hydrogen) atoms. The summed E-state index contributed by atoms with van der Waals surface area (Å²) in [7, 11) is 0. The number of rotatable bonds is 10. The molecule has 0 saturated carbocycles. The summed E-state index contributed by atoms with van der Waals surface area (Å²) < 4.78 is 172. The first-order valence-corrected chi connectivity index (χ1v) is 10.1. The van der Waals surface area contributed by atoms with E-state index in [0.29, 0.717) is 13.2 Å². The number of halogens is 12. The van der Waals surface area contributed by atoms with Gasteiger partial charge in [0.2, 0.25) is 0 Å². The molecule has 0 aromatic heterocycles. The first kappa shape index (κ1) is 29.3. The van der Waals surface area contributed by atoms with Crippen LogP contribution >= 0.6 is 0 Å². The van der Waals surface area contributed by atoms with Crippen molar-refractivity contribution in [2.75, 3.05) is 13.2 Å². The molecule has 1 saturated heterocycles. The van der Waals surface area contributed by atoms with Gasteiger partial charge in [0.25, 0.3) is 0 Å². The summed E-state index contributed by atoms with van der Waals surface area (Å²) in [5.41, 5.74) is 0.259. The number of hydrogen-bond acceptors (Lipinski definition) is 3. The van der Waals surface area contributed by atoms with Crippen LogP contribution in [0, 0.1) is 5.92 Å². The Morgan fingerprint density at radius 3 is 1.80 bits per heavy atom. The average molecular weight is 536 g/mol. The van der Waals surface area contributed by atoms with Crippen LogP contribution in [-0.4, -0.2) is 49.4 Å². The Bertz CT molecular complexity index is 818. The average Bonchev–Trinajstić information content (AvgIpc) is 2.77. The van der Waals surface area contributed by atoms with Crippen molar-refractivity contribution >= 4 is 0 Å². The van der Waals surface area contributed by atoms with E-state index in [-0.39, 0.29) is 11.5 Å². The number of benzene rings is 1. The minimum Gasteiger partial charge on any atom is -0.454 e. The Labute approximate surface area is 191 Å². The van der Waals surface area contributed by atoms with E-state index < -0.39 is 48.3 Å². The number of hydrogen-bond donors (Lipinski definition) is 0. The van der Waals surface area contributed by atoms with Crippen LogP contribution in [0.1, 0.15) is 38.0 Å². The standard InChI is InChI=1S/C20H20F12O3/c1-2-3-4-11-9-33-14(34-10-11)12-5-7-13(8-6-12)35-15(21)16(22,23)17(24,25)18(26,27)19(28,29)20(30,31)32/h5-8,11,14-15H,2-4,9-10H2,1H3. The summed E-state index contributed by atoms with van der Waals surface area (Å²) >= 11 is 0. The van der Waals surface area contributed by atoms with Gasteiger partial charge in [0.05, 0.1) is 13.2 Å². The summed E-state index contributed by atoms with van der Waals surface area (Å²) in [6, 6.07) is 3.60. The zero-order chi connectivity index (χ0) is 26.9. The van der Waals surface area contributed by atoms with Gasteiger partial charge in [-0.3, -0.25) is 0 Å². The highest BCUT2D eigenvalue weighted by Crippen LogP contribution is 2.58. The van der Waals surface area contributed by atoms with Gasteiger partial charge in [-0.05, 0) is 18.6 Å². The van der Waals surface area contributed by atoms with Crippen LogP contribution in [0.2, 0.25) is 0 Å². The molecule has 1 aromatic carbocycles. The Morgan fingerprint density at radius 1 is 0.829 bits per heavy atom. The van der Waals surface area contributed by atoms with Crippen LogP contribution in [-0.2, 0) is 9.47 Å². The molecule has 0 N–H and O–H groups in total. The molecule has 202 valence electrons. The second kappa shape index (κ2) is 10.2. The first-order valence-electron chi connectivity index (χ1n) is 10.1. The number of alkyl halides is 12. The lowest BCUT2D eigenvalue weighted by molar-refractivity contribution is -0.432. The second-order valence-corrected chi connectivity index (χ2v) is 7.85. The van der Waals surface area contributed by atoms with Gasteiger partial charge in [-0.2, -0.15) is 52.7 Å². The third-order valence-corrected chi connectivity index (χ3v) is 5.17. The fraction of sp³-hybridized carbons (Fsp3) is 0.700. The van der Waals surface area contributed by atoms with E-state index in [9.17, 15) is 52.7 Å². The van der Waals surface area contributed by atoms with Gasteiger partial charge < -0.3 is 14.2 Å². The van der Waals surface area contributed by atoms with Gasteiger partial charge in [0.15, 0.2) is 6.29 Å². The molecule has 1 unspecified atom stereocenters. The lowest BCUT2D eigenvalue weighted by atomic mass is 9.98. The van der Waals surface area contributed by atoms with Crippen molar-refractivity contribution in [3.63, 3.8) is 0 Å². The van der Waals surface area contributed by atoms with E-state index in [1.807, 2.05) is 6.92 Å². The molecule has 2 rings (SSSR count). The largest absolute Gasteiger partial charge is 0.460 e. The first-order chi connectivity index (χ1) is 15.9. The third kappa shape index (κ3) is 5.59. The molecule has 1 aromatic rings. The van der Waals surface area contributed by atoms with Crippen molar-refractivity contribution in [2.45, 2.75) is 68.7 Å². The normalized spacial score (nSPS) is 21.6. The monoisotopic (exact) mass is 536 g/mol. The highest BCUT2D eigenvalue weighted by Gasteiger charge is 2.88. The van der Waals surface area contributed by atoms with Gasteiger partial charge in [0.1, 0.15) is 5.75 Å². The highest BCUT2D eigenvalue weighted by molar-refractivity contribution is 5.28. The van der Waals surface area contributed by atoms with Crippen molar-refractivity contribution in [2.24, 2.45) is 5.92 Å². The van der Waals surface area contributed by atoms with Crippen molar-refractivity contribution in [3.05, 3.63) is 29.8 Å². The fourth-order valence-corrected chi connectivity index (χ4v) is 3.02. The van der Waals surface area contributed by atoms with Gasteiger partial charge in [-0.15, -0.1) is 0 Å². The Balaban J connectivity index is 2.10. The second-order valence-electron chi connectivity index (χ2n) is 7.85. The third-order valence-electron chi connectivity index (χ3n) is 5.17. The molecule has 0 aliphatic carbocycles. The van der Waals surface area contributed by atoms with Crippen molar-refractivity contribution in [1.82, 2.24) is 0 Å². The van der Waals surface area contributed by atoms with Gasteiger partial charge >= 0.3 is 36.2 Å². The molecule has 3 nitrogen and oxygen atoms in total. The van der Waals surface area contributed by atoms with E-state index in [4.69, 9.17) is 9.47 Å². The molecule has 1 atom stereocenters. The lowest BCUT2D eigenvalue weighted by Crippen LogP contribution is -2.68. The zero-order valence-corrected chi connectivity index (χ0v) is 17.8. The molecular formula is C20H20F12O3. The molecule has 15 heteroatoms. The fourth-order valence-electron chi connectivity index (χ4n) is 3.02. The molecule has 1 aliphatic rings. The summed E-state index contributed by atoms with van der Waals surface area (Å²) in [5, 5.41) is 0. The molecule has 0 amide bonds. The van der Waals surface area contributed by atoms with Crippen LogP contribution in [0.5, 0.6) is 5.75 Å². The molecule has 1 heterocycles. The minimum absolute atomic E-state index is 0.132. The quantitative estimate of drug-likeness (QED) is 0.294. The Hall–Kier alpha value is -1.90. The van der Waals surface area contributed by atoms with Crippen LogP contribution < -0.4 is 4.74 Å². The van der Waals surface area contributed by atoms with Crippen LogP contribution in [0.15, 0.2) is 24.3 Å². The Kier molecular flexibility index (Phi) is 8.57. The Morgan fingerprint density at radius 2 is 1.34 bits per heavy atom. The molecule has 0 spiro atoms. The predicted octanol–water partition coefficient (Wildman–Crippen LogP) is 7.32. The van der Waals surface area contributed by atoms with E-state index in [2.05, 4.69) is 4.74 Å². The van der Waals surface area contributed by atoms with Crippen LogP contribution in [0.3, 0.4) is 0 Å². The predicted molar refractivity (Wildman–Crippen MR) is 95.5 cm³/mol. The van der Waals surface area contributed by atoms with E-state index in [1.165, 1.54) is 0 Å². The maximum absolute atomic E-state index is 13.8. The summed E-state index contributed by atoms with van der Waals surface area (Å²) in [4.78, 5) is 0. The number of ether oxygens (including phenoxy) is 3. The maximum atomic E-state index is 13.8. The molecular weight excluding hydrogens is 516 g/mol. The van der Waals surface area contributed by atoms with Crippen molar-refractivity contribution in [1.29, 1.82) is 0 Å². The zero-order valence-electron chi connectivity index (χ0n) is 17.8. The smallest absolute Gasteiger partial charge is 0.454 e. The molecule has 0 bridgehead atoms. The number of unbranched alkanes of at least 4 members (excludes halogenated alkanes) is 1. The maximum Gasteiger partial charge on any atom is 0.460 e. The SMILES string of the molecule is CCCCC1COC(c2ccc(OC(F)C(F)(F)C(F)(F)C(F)(F)C(F)(F)C(F)(F)F)cc2)OC1. The molecule has 1 fully saturated rings. The highest BCUT2D eigenvalue weighted by atomic mass is 19.4. The summed E-state index contributed by atoms with van der Waals surface area (Å²) in [6.45, 7) is 2.65. The van der Waals surface area contributed by atoms with Crippen molar-refractivity contribution < 1.29 is 66.9 Å². The topological polar surface area (TPSA) is 27.7 Å². The summed E-state index contributed by atoms with van der Waals surface area (Å²) in [5.74, 6) is -30.4. The van der Waals surface area contributed by atoms with Gasteiger partial charge in [-0.25, -0.2) is 0 Å². The van der Waals surface area contributed by atoms with E-state index >= 15 is 0 Å². The van der Waals surface area contributed by atoms with E-state index in [1.54, 1.807) is 0 Å². The lowest BCUT2D eigenvalue weighted by Gasteiger charge is -2.37. The van der Waals surface area contributed by atoms with Crippen LogP contribution in [0.4, 0.5) is 52.7 Å². The van der Waals surface area contributed by atoms with Gasteiger partial charge in [-0.1, -0.05) is 31.9 Å². The molecule has 1 aliphatic heterocycles. The molecule has 0 radical (unpaired) electrons. The summed E-state index contributed by atoms with van der Waals surface area (Å²) in [6.07, 6.45) is -10.2. The van der Waals surface area contributed by atoms with Crippen LogP contribution in [0.25, 0.3) is 0 Å². The van der Waals surface area contributed by atoms with E-state index in [0.717, 1.165) is 43.5 Å².